The van der Waals surface area contributed by atoms with Crippen molar-refractivity contribution in [3.05, 3.63) is 28.7 Å². The van der Waals surface area contributed by atoms with Gasteiger partial charge in [-0.3, -0.25) is 4.79 Å². The van der Waals surface area contributed by atoms with E-state index in [0.29, 0.717) is 29.3 Å². The fraction of sp³-hybridized carbons (Fsp3) is 0.524. The number of nitrogens with one attached hydrogen (secondary N) is 1. The molecule has 0 aromatic carbocycles. The highest BCUT2D eigenvalue weighted by molar-refractivity contribution is 7.15. The molecule has 0 bridgehead atoms. The molecule has 8 heteroatoms. The molecule has 2 atom stereocenters. The molecule has 0 spiro atoms. The summed E-state index contributed by atoms with van der Waals surface area (Å²) in [5, 5.41) is 13.8. The quantitative estimate of drug-likeness (QED) is 0.785. The summed E-state index contributed by atoms with van der Waals surface area (Å²) in [6.45, 7) is 7.33. The topological polar surface area (TPSA) is 108 Å². The van der Waals surface area contributed by atoms with Crippen LogP contribution in [0.15, 0.2) is 12.4 Å². The van der Waals surface area contributed by atoms with E-state index >= 15 is 0 Å². The maximum atomic E-state index is 13.2. The van der Waals surface area contributed by atoms with Crippen LogP contribution in [0.3, 0.4) is 0 Å². The Labute approximate surface area is 175 Å². The number of nitrogens with zero attached hydrogens (tertiary/aromatic N) is 4. The van der Waals surface area contributed by atoms with Gasteiger partial charge in [-0.2, -0.15) is 5.26 Å². The van der Waals surface area contributed by atoms with Crippen LogP contribution in [0.4, 0.5) is 5.69 Å². The van der Waals surface area contributed by atoms with Crippen LogP contribution >= 0.6 is 11.3 Å². The van der Waals surface area contributed by atoms with Crippen LogP contribution in [0, 0.1) is 24.2 Å². The van der Waals surface area contributed by atoms with Crippen molar-refractivity contribution < 1.29 is 4.79 Å². The number of thiazole rings is 1. The maximum absolute atomic E-state index is 13.2. The number of carbonyl (C=O) groups excluding carboxylic acids is 1. The van der Waals surface area contributed by atoms with Gasteiger partial charge in [0.2, 0.25) is 0 Å². The van der Waals surface area contributed by atoms with Crippen molar-refractivity contribution in [3.8, 4) is 16.5 Å². The molecule has 152 valence electrons. The van der Waals surface area contributed by atoms with Crippen molar-refractivity contribution in [2.45, 2.75) is 51.6 Å². The second-order valence-corrected chi connectivity index (χ2v) is 9.76. The molecule has 3 N–H and O–H groups in total. The molecule has 0 radical (unpaired) electrons. The number of nitrogens with two attached hydrogens (primary N) is 1. The predicted molar refractivity (Wildman–Crippen MR) is 114 cm³/mol. The summed E-state index contributed by atoms with van der Waals surface area (Å²) in [7, 11) is 0. The molecule has 1 aliphatic carbocycles. The summed E-state index contributed by atoms with van der Waals surface area (Å²) >= 11 is 1.50. The van der Waals surface area contributed by atoms with Crippen LogP contribution in [-0.4, -0.2) is 40.5 Å². The third kappa shape index (κ3) is 3.98. The van der Waals surface area contributed by atoms with Gasteiger partial charge < -0.3 is 16.0 Å². The smallest absolute Gasteiger partial charge is 0.255 e. The Balaban J connectivity index is 1.84. The number of aromatic nitrogens is 2. The predicted octanol–water partition coefficient (Wildman–Crippen LogP) is 2.84. The number of nitriles is 1. The van der Waals surface area contributed by atoms with Crippen molar-refractivity contribution in [1.82, 2.24) is 15.3 Å². The second kappa shape index (κ2) is 7.39. The van der Waals surface area contributed by atoms with Gasteiger partial charge in [0.05, 0.1) is 26.7 Å². The number of carbonyl (C=O) groups is 1. The number of rotatable bonds is 5. The maximum Gasteiger partial charge on any atom is 0.255 e. The van der Waals surface area contributed by atoms with Gasteiger partial charge in [0, 0.05) is 37.1 Å². The zero-order valence-corrected chi connectivity index (χ0v) is 17.8. The standard InChI is InChI=1S/C21H26N6OS/c1-12(14-4-5-14)26-20(28)15-9-25-16(8-22)18(17-10-24-13(2)29-17)19(15)27-7-6-21(3,23)11-27/h9-10,12,14H,4-7,11,23H2,1-3H3,(H,26,28)/t12-,21-/m0/s1. The van der Waals surface area contributed by atoms with Gasteiger partial charge in [0.15, 0.2) is 5.69 Å². The average Bonchev–Trinajstić information content (AvgIpc) is 3.35. The number of anilines is 1. The summed E-state index contributed by atoms with van der Waals surface area (Å²) < 4.78 is 0. The number of amides is 1. The minimum absolute atomic E-state index is 0.124. The minimum atomic E-state index is -0.341. The Bertz CT molecular complexity index is 988. The number of pyridine rings is 1. The van der Waals surface area contributed by atoms with E-state index in [1.165, 1.54) is 17.5 Å². The minimum Gasteiger partial charge on any atom is -0.368 e. The molecule has 1 aliphatic heterocycles. The molecule has 1 amide bonds. The third-order valence-electron chi connectivity index (χ3n) is 5.78. The number of hydrogen-bond acceptors (Lipinski definition) is 7. The Morgan fingerprint density at radius 3 is 2.76 bits per heavy atom. The van der Waals surface area contributed by atoms with E-state index in [2.05, 4.69) is 26.3 Å². The first kappa shape index (κ1) is 19.8. The lowest BCUT2D eigenvalue weighted by Gasteiger charge is -2.27. The SMILES string of the molecule is Cc1ncc(-c2c(C#N)ncc(C(=O)N[C@@H](C)C3CC3)c2N2CC[C@](C)(N)C2)s1. The summed E-state index contributed by atoms with van der Waals surface area (Å²) in [6, 6.07) is 2.32. The summed E-state index contributed by atoms with van der Waals surface area (Å²) in [5.41, 5.74) is 8.28. The van der Waals surface area contributed by atoms with E-state index in [1.54, 1.807) is 6.20 Å². The van der Waals surface area contributed by atoms with E-state index in [9.17, 15) is 10.1 Å². The molecular formula is C21H26N6OS. The monoisotopic (exact) mass is 410 g/mol. The first-order valence-electron chi connectivity index (χ1n) is 9.99. The Morgan fingerprint density at radius 2 is 2.21 bits per heavy atom. The van der Waals surface area contributed by atoms with E-state index in [4.69, 9.17) is 5.73 Å². The van der Waals surface area contributed by atoms with Crippen LogP contribution in [0.1, 0.15) is 54.2 Å². The Hall–Kier alpha value is -2.50. The van der Waals surface area contributed by atoms with Crippen molar-refractivity contribution in [3.63, 3.8) is 0 Å². The van der Waals surface area contributed by atoms with Gasteiger partial charge in [-0.25, -0.2) is 9.97 Å². The highest BCUT2D eigenvalue weighted by Crippen LogP contribution is 2.41. The molecule has 2 fully saturated rings. The van der Waals surface area contributed by atoms with E-state index in [0.717, 1.165) is 41.4 Å². The Morgan fingerprint density at radius 1 is 1.45 bits per heavy atom. The van der Waals surface area contributed by atoms with Crippen molar-refractivity contribution in [2.24, 2.45) is 11.7 Å². The summed E-state index contributed by atoms with van der Waals surface area (Å²) in [4.78, 5) is 24.9. The molecular weight excluding hydrogens is 384 g/mol. The van der Waals surface area contributed by atoms with Crippen LogP contribution in [0.25, 0.3) is 10.4 Å². The normalized spacial score (nSPS) is 22.4. The lowest BCUT2D eigenvalue weighted by Crippen LogP contribution is -2.40. The first-order valence-corrected chi connectivity index (χ1v) is 10.8. The molecule has 3 heterocycles. The summed E-state index contributed by atoms with van der Waals surface area (Å²) in [6.07, 6.45) is 6.42. The highest BCUT2D eigenvalue weighted by atomic mass is 32.1. The van der Waals surface area contributed by atoms with Crippen molar-refractivity contribution >= 4 is 22.9 Å². The van der Waals surface area contributed by atoms with E-state index in [1.807, 2.05) is 20.8 Å². The van der Waals surface area contributed by atoms with Gasteiger partial charge in [-0.1, -0.05) is 0 Å². The van der Waals surface area contributed by atoms with Gasteiger partial charge >= 0.3 is 0 Å². The molecule has 2 aliphatic rings. The first-order chi connectivity index (χ1) is 13.8. The fourth-order valence-corrected chi connectivity index (χ4v) is 4.79. The average molecular weight is 411 g/mol. The summed E-state index contributed by atoms with van der Waals surface area (Å²) in [5.74, 6) is 0.404. The fourth-order valence-electron chi connectivity index (χ4n) is 3.97. The lowest BCUT2D eigenvalue weighted by molar-refractivity contribution is 0.0936. The molecule has 1 saturated carbocycles. The van der Waals surface area contributed by atoms with Gasteiger partial charge in [0.25, 0.3) is 5.91 Å². The molecule has 1 saturated heterocycles. The molecule has 2 aromatic rings. The van der Waals surface area contributed by atoms with Crippen LogP contribution in [0.5, 0.6) is 0 Å². The van der Waals surface area contributed by atoms with Crippen LogP contribution in [0.2, 0.25) is 0 Å². The number of aryl methyl sites for hydroxylation is 1. The highest BCUT2D eigenvalue weighted by Gasteiger charge is 2.36. The number of hydrogen-bond donors (Lipinski definition) is 2. The van der Waals surface area contributed by atoms with Crippen molar-refractivity contribution in [2.75, 3.05) is 18.0 Å². The molecule has 7 nitrogen and oxygen atoms in total. The largest absolute Gasteiger partial charge is 0.368 e. The van der Waals surface area contributed by atoms with E-state index in [-0.39, 0.29) is 17.5 Å². The van der Waals surface area contributed by atoms with E-state index < -0.39 is 0 Å². The second-order valence-electron chi connectivity index (χ2n) is 8.52. The molecule has 2 aromatic heterocycles. The van der Waals surface area contributed by atoms with Crippen LogP contribution < -0.4 is 16.0 Å². The zero-order chi connectivity index (χ0) is 20.8. The molecule has 4 rings (SSSR count). The zero-order valence-electron chi connectivity index (χ0n) is 17.0. The van der Waals surface area contributed by atoms with Crippen LogP contribution in [-0.2, 0) is 0 Å². The van der Waals surface area contributed by atoms with Gasteiger partial charge in [-0.15, -0.1) is 11.3 Å². The van der Waals surface area contributed by atoms with Gasteiger partial charge in [0.1, 0.15) is 6.07 Å². The van der Waals surface area contributed by atoms with Gasteiger partial charge in [-0.05, 0) is 46.0 Å². The van der Waals surface area contributed by atoms with Crippen molar-refractivity contribution in [1.29, 1.82) is 5.26 Å². The molecule has 29 heavy (non-hydrogen) atoms. The Kier molecular flexibility index (Phi) is 5.05. The third-order valence-corrected chi connectivity index (χ3v) is 6.71. The lowest BCUT2D eigenvalue weighted by atomic mass is 10.0. The molecule has 0 unspecified atom stereocenters.